The van der Waals surface area contributed by atoms with Crippen LogP contribution in [0, 0.1) is 6.92 Å². The Balaban J connectivity index is 2.99. The Bertz CT molecular complexity index is 488. The second-order valence-electron chi connectivity index (χ2n) is 4.77. The third kappa shape index (κ3) is 4.58. The van der Waals surface area contributed by atoms with E-state index in [1.807, 2.05) is 39.0 Å². The van der Waals surface area contributed by atoms with E-state index in [-0.39, 0.29) is 11.9 Å². The number of aryl methyl sites for hydroxylation is 1. The molecule has 0 aliphatic heterocycles. The van der Waals surface area contributed by atoms with Crippen molar-refractivity contribution in [1.29, 1.82) is 0 Å². The summed E-state index contributed by atoms with van der Waals surface area (Å²) in [5, 5.41) is 0. The number of carbonyl (C=O) groups is 1. The SMILES string of the molecule is Cc1ccc(Br)cc1C(=O)N(CCC(N)=S)C(C)C. The maximum Gasteiger partial charge on any atom is 0.254 e. The fourth-order valence-electron chi connectivity index (χ4n) is 1.80. The molecule has 1 aromatic carbocycles. The van der Waals surface area contributed by atoms with Gasteiger partial charge in [-0.1, -0.05) is 34.2 Å². The zero-order valence-electron chi connectivity index (χ0n) is 11.4. The molecule has 0 fully saturated rings. The highest BCUT2D eigenvalue weighted by Crippen LogP contribution is 2.19. The van der Waals surface area contributed by atoms with E-state index in [0.717, 1.165) is 10.0 Å². The highest BCUT2D eigenvalue weighted by Gasteiger charge is 2.20. The zero-order valence-corrected chi connectivity index (χ0v) is 13.8. The van der Waals surface area contributed by atoms with Crippen molar-refractivity contribution < 1.29 is 4.79 Å². The first kappa shape index (κ1) is 16.1. The Morgan fingerprint density at radius 3 is 2.63 bits per heavy atom. The van der Waals surface area contributed by atoms with Crippen molar-refractivity contribution in [3.05, 3.63) is 33.8 Å². The maximum absolute atomic E-state index is 12.6. The summed E-state index contributed by atoms with van der Waals surface area (Å²) in [6, 6.07) is 5.83. The van der Waals surface area contributed by atoms with Gasteiger partial charge in [-0.2, -0.15) is 0 Å². The minimum absolute atomic E-state index is 0.0186. The van der Waals surface area contributed by atoms with E-state index < -0.39 is 0 Å². The van der Waals surface area contributed by atoms with Crippen molar-refractivity contribution >= 4 is 39.0 Å². The third-order valence-corrected chi connectivity index (χ3v) is 3.61. The molecule has 0 heterocycles. The minimum atomic E-state index is 0.0186. The van der Waals surface area contributed by atoms with Crippen LogP contribution in [0.2, 0.25) is 0 Å². The summed E-state index contributed by atoms with van der Waals surface area (Å²) in [7, 11) is 0. The number of nitrogens with two attached hydrogens (primary N) is 1. The van der Waals surface area contributed by atoms with Crippen molar-refractivity contribution in [3.63, 3.8) is 0 Å². The second-order valence-corrected chi connectivity index (χ2v) is 6.21. The average molecular weight is 343 g/mol. The summed E-state index contributed by atoms with van der Waals surface area (Å²) < 4.78 is 0.902. The number of rotatable bonds is 5. The molecule has 0 aliphatic carbocycles. The fraction of sp³-hybridized carbons (Fsp3) is 0.429. The van der Waals surface area contributed by atoms with Crippen LogP contribution in [0.1, 0.15) is 36.2 Å². The largest absolute Gasteiger partial charge is 0.393 e. The smallest absolute Gasteiger partial charge is 0.254 e. The lowest BCUT2D eigenvalue weighted by molar-refractivity contribution is 0.0711. The van der Waals surface area contributed by atoms with Crippen molar-refractivity contribution in [1.82, 2.24) is 4.90 Å². The molecule has 5 heteroatoms. The van der Waals surface area contributed by atoms with Crippen molar-refractivity contribution in [2.45, 2.75) is 33.2 Å². The van der Waals surface area contributed by atoms with Gasteiger partial charge in [-0.15, -0.1) is 0 Å². The van der Waals surface area contributed by atoms with Gasteiger partial charge in [0.15, 0.2) is 0 Å². The summed E-state index contributed by atoms with van der Waals surface area (Å²) in [6.07, 6.45) is 0.548. The topological polar surface area (TPSA) is 46.3 Å². The number of thiocarbonyl (C=S) groups is 1. The first-order valence-electron chi connectivity index (χ1n) is 6.18. The quantitative estimate of drug-likeness (QED) is 0.835. The molecular formula is C14H19BrN2OS. The Morgan fingerprint density at radius 2 is 2.11 bits per heavy atom. The van der Waals surface area contributed by atoms with Gasteiger partial charge >= 0.3 is 0 Å². The predicted molar refractivity (Wildman–Crippen MR) is 86.5 cm³/mol. The Kier molecular flexibility index (Phi) is 5.94. The number of amides is 1. The lowest BCUT2D eigenvalue weighted by Crippen LogP contribution is -2.39. The molecule has 1 aromatic rings. The molecule has 0 aliphatic rings. The van der Waals surface area contributed by atoms with Crippen LogP contribution < -0.4 is 5.73 Å². The number of carbonyl (C=O) groups excluding carboxylic acids is 1. The van der Waals surface area contributed by atoms with E-state index >= 15 is 0 Å². The third-order valence-electron chi connectivity index (χ3n) is 2.91. The van der Waals surface area contributed by atoms with Crippen molar-refractivity contribution in [3.8, 4) is 0 Å². The lowest BCUT2D eigenvalue weighted by atomic mass is 10.1. The number of benzene rings is 1. The van der Waals surface area contributed by atoms with Crippen LogP contribution in [0.5, 0.6) is 0 Å². The molecule has 0 aromatic heterocycles. The molecular weight excluding hydrogens is 324 g/mol. The Hall–Kier alpha value is -0.940. The minimum Gasteiger partial charge on any atom is -0.393 e. The summed E-state index contributed by atoms with van der Waals surface area (Å²) in [5.74, 6) is 0.0186. The van der Waals surface area contributed by atoms with E-state index in [1.54, 1.807) is 4.90 Å². The molecule has 104 valence electrons. The summed E-state index contributed by atoms with van der Waals surface area (Å²) in [4.78, 5) is 14.8. The van der Waals surface area contributed by atoms with Crippen LogP contribution in [0.3, 0.4) is 0 Å². The molecule has 3 nitrogen and oxygen atoms in total. The second kappa shape index (κ2) is 7.01. The monoisotopic (exact) mass is 342 g/mol. The van der Waals surface area contributed by atoms with Crippen LogP contribution in [-0.4, -0.2) is 28.4 Å². The molecule has 2 N–H and O–H groups in total. The first-order valence-corrected chi connectivity index (χ1v) is 7.38. The van der Waals surface area contributed by atoms with Gasteiger partial charge in [0.1, 0.15) is 0 Å². The molecule has 0 radical (unpaired) electrons. The molecule has 0 bridgehead atoms. The van der Waals surface area contributed by atoms with Crippen LogP contribution in [0.4, 0.5) is 0 Å². The van der Waals surface area contributed by atoms with Gasteiger partial charge in [0.25, 0.3) is 5.91 Å². The molecule has 1 rings (SSSR count). The maximum atomic E-state index is 12.6. The molecule has 0 saturated carbocycles. The molecule has 0 spiro atoms. The van der Waals surface area contributed by atoms with Crippen LogP contribution >= 0.6 is 28.1 Å². The summed E-state index contributed by atoms with van der Waals surface area (Å²) in [5.41, 5.74) is 7.20. The Morgan fingerprint density at radius 1 is 1.47 bits per heavy atom. The molecule has 19 heavy (non-hydrogen) atoms. The van der Waals surface area contributed by atoms with Crippen LogP contribution in [0.15, 0.2) is 22.7 Å². The van der Waals surface area contributed by atoms with Gasteiger partial charge in [0, 0.05) is 29.0 Å². The van der Waals surface area contributed by atoms with Crippen LogP contribution in [-0.2, 0) is 0 Å². The predicted octanol–water partition coefficient (Wildman–Crippen LogP) is 3.28. The van der Waals surface area contributed by atoms with E-state index in [2.05, 4.69) is 15.9 Å². The highest BCUT2D eigenvalue weighted by molar-refractivity contribution is 9.10. The zero-order chi connectivity index (χ0) is 14.6. The number of nitrogens with zero attached hydrogens (tertiary/aromatic N) is 1. The van der Waals surface area contributed by atoms with Gasteiger partial charge < -0.3 is 10.6 Å². The van der Waals surface area contributed by atoms with Gasteiger partial charge in [-0.05, 0) is 38.5 Å². The average Bonchev–Trinajstić information content (AvgIpc) is 2.31. The molecule has 1 amide bonds. The van der Waals surface area contributed by atoms with E-state index in [1.165, 1.54) is 0 Å². The van der Waals surface area contributed by atoms with Gasteiger partial charge in [-0.25, -0.2) is 0 Å². The number of hydrogen-bond donors (Lipinski definition) is 1. The van der Waals surface area contributed by atoms with Gasteiger partial charge in [0.05, 0.1) is 4.99 Å². The van der Waals surface area contributed by atoms with Gasteiger partial charge in [-0.3, -0.25) is 4.79 Å². The molecule has 0 saturated heterocycles. The van der Waals surface area contributed by atoms with E-state index in [9.17, 15) is 4.79 Å². The normalized spacial score (nSPS) is 10.6. The van der Waals surface area contributed by atoms with Crippen molar-refractivity contribution in [2.75, 3.05) is 6.54 Å². The molecule has 0 unspecified atom stereocenters. The van der Waals surface area contributed by atoms with Gasteiger partial charge in [0.2, 0.25) is 0 Å². The Labute approximate surface area is 128 Å². The number of halogens is 1. The van der Waals surface area contributed by atoms with Crippen LogP contribution in [0.25, 0.3) is 0 Å². The van der Waals surface area contributed by atoms with E-state index in [4.69, 9.17) is 18.0 Å². The first-order chi connectivity index (χ1) is 8.82. The van der Waals surface area contributed by atoms with Crippen molar-refractivity contribution in [2.24, 2.45) is 5.73 Å². The standard InChI is InChI=1S/C14H19BrN2OS/c1-9(2)17(7-6-13(16)19)14(18)12-8-11(15)5-4-10(12)3/h4-5,8-9H,6-7H2,1-3H3,(H2,16,19). The summed E-state index contributed by atoms with van der Waals surface area (Å²) in [6.45, 7) is 6.47. The fourth-order valence-corrected chi connectivity index (χ4v) is 2.26. The lowest BCUT2D eigenvalue weighted by Gasteiger charge is -2.27. The molecule has 0 atom stereocenters. The highest BCUT2D eigenvalue weighted by atomic mass is 79.9. The number of hydrogen-bond acceptors (Lipinski definition) is 2. The van der Waals surface area contributed by atoms with E-state index in [0.29, 0.717) is 23.5 Å². The summed E-state index contributed by atoms with van der Waals surface area (Å²) >= 11 is 8.28.